The molecule has 1 aliphatic rings. The summed E-state index contributed by atoms with van der Waals surface area (Å²) in [5, 5.41) is 11.8. The number of ether oxygens (including phenoxy) is 1. The Morgan fingerprint density at radius 3 is 2.93 bits per heavy atom. The highest BCUT2D eigenvalue weighted by molar-refractivity contribution is 5.87. The number of carboxylic acid groups (broad SMARTS) is 1. The lowest BCUT2D eigenvalue weighted by atomic mass is 10.2. The minimum atomic E-state index is -0.966. The minimum absolute atomic E-state index is 0.187. The van der Waals surface area contributed by atoms with Crippen molar-refractivity contribution < 1.29 is 19.1 Å². The van der Waals surface area contributed by atoms with E-state index in [1.807, 2.05) is 0 Å². The molecule has 76 valence electrons. The Morgan fingerprint density at radius 1 is 1.64 bits per heavy atom. The van der Waals surface area contributed by atoms with Crippen LogP contribution in [-0.4, -0.2) is 30.3 Å². The summed E-state index contributed by atoms with van der Waals surface area (Å²) in [6, 6.07) is 1.89. The van der Waals surface area contributed by atoms with Gasteiger partial charge in [-0.1, -0.05) is 0 Å². The second kappa shape index (κ2) is 3.81. The SMILES string of the molecule is O=C(O)c1coc(CNC2COC2)c1. The first-order valence-electron chi connectivity index (χ1n) is 4.37. The van der Waals surface area contributed by atoms with Crippen LogP contribution in [0.5, 0.6) is 0 Å². The topological polar surface area (TPSA) is 71.7 Å². The van der Waals surface area contributed by atoms with Gasteiger partial charge in [-0.15, -0.1) is 0 Å². The van der Waals surface area contributed by atoms with Crippen molar-refractivity contribution in [3.63, 3.8) is 0 Å². The maximum Gasteiger partial charge on any atom is 0.338 e. The first-order chi connectivity index (χ1) is 6.75. The highest BCUT2D eigenvalue weighted by Crippen LogP contribution is 2.08. The zero-order valence-electron chi connectivity index (χ0n) is 7.53. The van der Waals surface area contributed by atoms with Crippen molar-refractivity contribution in [2.24, 2.45) is 0 Å². The van der Waals surface area contributed by atoms with Crippen molar-refractivity contribution in [2.45, 2.75) is 12.6 Å². The average molecular weight is 197 g/mol. The van der Waals surface area contributed by atoms with Crippen LogP contribution >= 0.6 is 0 Å². The van der Waals surface area contributed by atoms with E-state index in [0.717, 1.165) is 0 Å². The van der Waals surface area contributed by atoms with E-state index in [2.05, 4.69) is 5.32 Å². The van der Waals surface area contributed by atoms with Crippen LogP contribution in [0.3, 0.4) is 0 Å². The third-order valence-electron chi connectivity index (χ3n) is 2.10. The number of aromatic carboxylic acids is 1. The van der Waals surface area contributed by atoms with Crippen molar-refractivity contribution in [1.29, 1.82) is 0 Å². The van der Waals surface area contributed by atoms with E-state index >= 15 is 0 Å². The van der Waals surface area contributed by atoms with Gasteiger partial charge in [0.25, 0.3) is 0 Å². The molecule has 1 aliphatic heterocycles. The summed E-state index contributed by atoms with van der Waals surface area (Å²) in [4.78, 5) is 10.5. The Kier molecular flexibility index (Phi) is 2.51. The zero-order chi connectivity index (χ0) is 9.97. The fraction of sp³-hybridized carbons (Fsp3) is 0.444. The first-order valence-corrected chi connectivity index (χ1v) is 4.37. The van der Waals surface area contributed by atoms with Crippen LogP contribution in [0.15, 0.2) is 16.7 Å². The maximum atomic E-state index is 10.5. The van der Waals surface area contributed by atoms with Crippen LogP contribution in [0, 0.1) is 0 Å². The van der Waals surface area contributed by atoms with E-state index < -0.39 is 5.97 Å². The molecule has 1 aromatic heterocycles. The number of carbonyl (C=O) groups is 1. The Bertz CT molecular complexity index is 329. The summed E-state index contributed by atoms with van der Waals surface area (Å²) in [5.74, 6) is -0.332. The molecule has 1 saturated heterocycles. The Balaban J connectivity index is 1.86. The smallest absolute Gasteiger partial charge is 0.338 e. The molecule has 0 atom stereocenters. The first kappa shape index (κ1) is 9.23. The van der Waals surface area contributed by atoms with Gasteiger partial charge in [0.1, 0.15) is 12.0 Å². The molecule has 0 spiro atoms. The van der Waals surface area contributed by atoms with Crippen LogP contribution in [0.2, 0.25) is 0 Å². The molecule has 0 radical (unpaired) electrons. The van der Waals surface area contributed by atoms with Gasteiger partial charge in [0.2, 0.25) is 0 Å². The molecule has 5 heteroatoms. The van der Waals surface area contributed by atoms with Crippen LogP contribution in [0.4, 0.5) is 0 Å². The lowest BCUT2D eigenvalue weighted by Crippen LogP contribution is -2.45. The second-order valence-electron chi connectivity index (χ2n) is 3.22. The summed E-state index contributed by atoms with van der Waals surface area (Å²) >= 11 is 0. The Morgan fingerprint density at radius 2 is 2.43 bits per heavy atom. The number of carboxylic acids is 1. The molecule has 0 aromatic carbocycles. The largest absolute Gasteiger partial charge is 0.478 e. The normalized spacial score (nSPS) is 16.6. The fourth-order valence-electron chi connectivity index (χ4n) is 1.18. The number of furan rings is 1. The molecule has 5 nitrogen and oxygen atoms in total. The predicted molar refractivity (Wildman–Crippen MR) is 47.1 cm³/mol. The van der Waals surface area contributed by atoms with Crippen LogP contribution in [0.1, 0.15) is 16.1 Å². The molecule has 2 N–H and O–H groups in total. The number of rotatable bonds is 4. The quantitative estimate of drug-likeness (QED) is 0.734. The van der Waals surface area contributed by atoms with Gasteiger partial charge in [0, 0.05) is 0 Å². The molecule has 14 heavy (non-hydrogen) atoms. The van der Waals surface area contributed by atoms with E-state index in [-0.39, 0.29) is 5.56 Å². The van der Waals surface area contributed by atoms with Gasteiger partial charge >= 0.3 is 5.97 Å². The molecule has 0 bridgehead atoms. The Labute approximate surface area is 80.7 Å². The van der Waals surface area contributed by atoms with Gasteiger partial charge < -0.3 is 19.6 Å². The van der Waals surface area contributed by atoms with Gasteiger partial charge in [-0.25, -0.2) is 4.79 Å². The molecular formula is C9H11NO4. The Hall–Kier alpha value is -1.33. The average Bonchev–Trinajstić information content (AvgIpc) is 2.50. The predicted octanol–water partition coefficient (Wildman–Crippen LogP) is 0.466. The maximum absolute atomic E-state index is 10.5. The van der Waals surface area contributed by atoms with Gasteiger partial charge in [-0.05, 0) is 6.07 Å². The van der Waals surface area contributed by atoms with Crippen molar-refractivity contribution in [3.05, 3.63) is 23.7 Å². The highest BCUT2D eigenvalue weighted by Gasteiger charge is 2.18. The summed E-state index contributed by atoms with van der Waals surface area (Å²) in [6.07, 6.45) is 1.25. The zero-order valence-corrected chi connectivity index (χ0v) is 7.53. The number of nitrogens with one attached hydrogen (secondary N) is 1. The van der Waals surface area contributed by atoms with Crippen LogP contribution in [-0.2, 0) is 11.3 Å². The third kappa shape index (κ3) is 1.94. The van der Waals surface area contributed by atoms with E-state index in [0.29, 0.717) is 31.6 Å². The molecular weight excluding hydrogens is 186 g/mol. The van der Waals surface area contributed by atoms with E-state index in [1.54, 1.807) is 0 Å². The van der Waals surface area contributed by atoms with E-state index in [9.17, 15) is 4.79 Å². The van der Waals surface area contributed by atoms with Gasteiger partial charge in [0.15, 0.2) is 0 Å². The molecule has 0 aliphatic carbocycles. The second-order valence-corrected chi connectivity index (χ2v) is 3.22. The van der Waals surface area contributed by atoms with Gasteiger partial charge in [-0.3, -0.25) is 0 Å². The molecule has 2 heterocycles. The van der Waals surface area contributed by atoms with Crippen molar-refractivity contribution in [3.8, 4) is 0 Å². The molecule has 0 saturated carbocycles. The van der Waals surface area contributed by atoms with E-state index in [4.69, 9.17) is 14.3 Å². The molecule has 0 amide bonds. The highest BCUT2D eigenvalue weighted by atomic mass is 16.5. The molecule has 2 rings (SSSR count). The molecule has 1 aromatic rings. The summed E-state index contributed by atoms with van der Waals surface area (Å²) in [6.45, 7) is 1.97. The van der Waals surface area contributed by atoms with Gasteiger partial charge in [-0.2, -0.15) is 0 Å². The summed E-state index contributed by atoms with van der Waals surface area (Å²) in [5.41, 5.74) is 0.187. The van der Waals surface area contributed by atoms with Crippen molar-refractivity contribution in [1.82, 2.24) is 5.32 Å². The van der Waals surface area contributed by atoms with Crippen LogP contribution in [0.25, 0.3) is 0 Å². The van der Waals surface area contributed by atoms with E-state index in [1.165, 1.54) is 12.3 Å². The summed E-state index contributed by atoms with van der Waals surface area (Å²) < 4.78 is 10.0. The lowest BCUT2D eigenvalue weighted by Gasteiger charge is -2.26. The summed E-state index contributed by atoms with van der Waals surface area (Å²) in [7, 11) is 0. The third-order valence-corrected chi connectivity index (χ3v) is 2.10. The lowest BCUT2D eigenvalue weighted by molar-refractivity contribution is -0.00642. The number of hydrogen-bond acceptors (Lipinski definition) is 4. The fourth-order valence-corrected chi connectivity index (χ4v) is 1.18. The number of hydrogen-bond donors (Lipinski definition) is 2. The molecule has 0 unspecified atom stereocenters. The van der Waals surface area contributed by atoms with Crippen molar-refractivity contribution in [2.75, 3.05) is 13.2 Å². The monoisotopic (exact) mass is 197 g/mol. The standard InChI is InChI=1S/C9H11NO4/c11-9(12)6-1-8(14-3-6)2-10-7-4-13-5-7/h1,3,7,10H,2,4-5H2,(H,11,12). The van der Waals surface area contributed by atoms with Crippen molar-refractivity contribution >= 4 is 5.97 Å². The van der Waals surface area contributed by atoms with Crippen LogP contribution < -0.4 is 5.32 Å². The molecule has 1 fully saturated rings. The van der Waals surface area contributed by atoms with Gasteiger partial charge in [0.05, 0.1) is 31.4 Å². The minimum Gasteiger partial charge on any atom is -0.478 e.